The van der Waals surface area contributed by atoms with E-state index in [4.69, 9.17) is 5.11 Å². The Morgan fingerprint density at radius 2 is 1.79 bits per heavy atom. The van der Waals surface area contributed by atoms with Gasteiger partial charge in [-0.1, -0.05) is 0 Å². The third-order valence-electron chi connectivity index (χ3n) is 2.55. The molecule has 5 N–H and O–H groups in total. The first-order valence-corrected chi connectivity index (χ1v) is 4.41. The Labute approximate surface area is 81.2 Å². The van der Waals surface area contributed by atoms with Gasteiger partial charge in [0.1, 0.15) is 12.2 Å². The van der Waals surface area contributed by atoms with E-state index in [0.29, 0.717) is 0 Å². The number of carbonyl (C=O) groups is 1. The summed E-state index contributed by atoms with van der Waals surface area (Å²) >= 11 is 0. The number of nitrogens with one attached hydrogen (secondary N) is 1. The van der Waals surface area contributed by atoms with Crippen molar-refractivity contribution < 1.29 is 25.2 Å². The highest BCUT2D eigenvalue weighted by Crippen LogP contribution is 2.26. The molecule has 82 valence electrons. The molecule has 0 saturated heterocycles. The van der Waals surface area contributed by atoms with E-state index in [2.05, 4.69) is 5.32 Å². The van der Waals surface area contributed by atoms with Crippen molar-refractivity contribution in [1.29, 1.82) is 0 Å². The first-order valence-electron chi connectivity index (χ1n) is 4.41. The fourth-order valence-corrected chi connectivity index (χ4v) is 1.78. The summed E-state index contributed by atoms with van der Waals surface area (Å²) in [5, 5.41) is 39.4. The SMILES string of the molecule is CC(=O)N[C@H]1[C@H](O)[C@@H](O)[C@H](O)[C@H]1CO. The van der Waals surface area contributed by atoms with Gasteiger partial charge in [-0.2, -0.15) is 0 Å². The zero-order valence-corrected chi connectivity index (χ0v) is 7.79. The summed E-state index contributed by atoms with van der Waals surface area (Å²) in [4.78, 5) is 10.8. The standard InChI is InChI=1S/C8H15NO5/c1-3(11)9-5-4(2-10)6(12)8(14)7(5)13/h4-8,10,12-14H,2H2,1H3,(H,9,11)/t4-,5+,6+,7-,8-/m0/s1. The molecule has 0 aliphatic heterocycles. The number of hydrogen-bond acceptors (Lipinski definition) is 5. The van der Waals surface area contributed by atoms with Gasteiger partial charge in [-0.15, -0.1) is 0 Å². The van der Waals surface area contributed by atoms with Crippen molar-refractivity contribution >= 4 is 5.91 Å². The molecular formula is C8H15NO5. The maximum Gasteiger partial charge on any atom is 0.217 e. The molecule has 5 atom stereocenters. The highest BCUT2D eigenvalue weighted by molar-refractivity contribution is 5.73. The molecule has 6 heteroatoms. The number of aliphatic hydroxyl groups excluding tert-OH is 4. The Morgan fingerprint density at radius 1 is 1.21 bits per heavy atom. The van der Waals surface area contributed by atoms with E-state index in [9.17, 15) is 20.1 Å². The molecule has 0 heterocycles. The average molecular weight is 205 g/mol. The van der Waals surface area contributed by atoms with Crippen LogP contribution >= 0.6 is 0 Å². The predicted octanol–water partition coefficient (Wildman–Crippen LogP) is -2.80. The van der Waals surface area contributed by atoms with E-state index < -0.39 is 36.9 Å². The summed E-state index contributed by atoms with van der Waals surface area (Å²) in [6.45, 7) is 0.860. The summed E-state index contributed by atoms with van der Waals surface area (Å²) in [6, 6.07) is -0.803. The zero-order valence-electron chi connectivity index (χ0n) is 7.79. The van der Waals surface area contributed by atoms with Crippen LogP contribution in [-0.2, 0) is 4.79 Å². The Hall–Kier alpha value is -0.690. The second-order valence-electron chi connectivity index (χ2n) is 3.54. The topological polar surface area (TPSA) is 110 Å². The lowest BCUT2D eigenvalue weighted by molar-refractivity contribution is -0.121. The van der Waals surface area contributed by atoms with Crippen molar-refractivity contribution in [2.45, 2.75) is 31.3 Å². The van der Waals surface area contributed by atoms with Gasteiger partial charge in [0.15, 0.2) is 0 Å². The average Bonchev–Trinajstić information content (AvgIpc) is 2.31. The highest BCUT2D eigenvalue weighted by atomic mass is 16.4. The van der Waals surface area contributed by atoms with Gasteiger partial charge in [0, 0.05) is 12.8 Å². The Bertz CT molecular complexity index is 222. The molecule has 0 aromatic heterocycles. The van der Waals surface area contributed by atoms with Crippen LogP contribution in [-0.4, -0.2) is 57.3 Å². The van der Waals surface area contributed by atoms with Gasteiger partial charge in [0.05, 0.1) is 18.8 Å². The lowest BCUT2D eigenvalue weighted by atomic mass is 10.0. The maximum atomic E-state index is 10.8. The van der Waals surface area contributed by atoms with E-state index in [1.807, 2.05) is 0 Å². The number of aliphatic hydroxyl groups is 4. The van der Waals surface area contributed by atoms with Crippen molar-refractivity contribution in [1.82, 2.24) is 5.32 Å². The minimum absolute atomic E-state index is 0.381. The number of amides is 1. The minimum atomic E-state index is -1.33. The monoisotopic (exact) mass is 205 g/mol. The molecule has 0 aromatic carbocycles. The van der Waals surface area contributed by atoms with Gasteiger partial charge in [0.25, 0.3) is 0 Å². The molecule has 1 saturated carbocycles. The molecule has 1 rings (SSSR count). The Morgan fingerprint density at radius 3 is 2.21 bits per heavy atom. The zero-order chi connectivity index (χ0) is 10.9. The van der Waals surface area contributed by atoms with Crippen LogP contribution in [0.3, 0.4) is 0 Å². The van der Waals surface area contributed by atoms with Gasteiger partial charge < -0.3 is 25.7 Å². The van der Waals surface area contributed by atoms with Crippen molar-refractivity contribution in [3.63, 3.8) is 0 Å². The van der Waals surface area contributed by atoms with Crippen LogP contribution < -0.4 is 5.32 Å². The third kappa shape index (κ3) is 1.88. The molecule has 0 spiro atoms. The van der Waals surface area contributed by atoms with Crippen LogP contribution in [0.4, 0.5) is 0 Å². The number of carbonyl (C=O) groups excluding carboxylic acids is 1. The maximum absolute atomic E-state index is 10.8. The molecule has 14 heavy (non-hydrogen) atoms. The van der Waals surface area contributed by atoms with E-state index in [-0.39, 0.29) is 5.91 Å². The van der Waals surface area contributed by atoms with Crippen molar-refractivity contribution in [3.05, 3.63) is 0 Å². The van der Waals surface area contributed by atoms with Crippen LogP contribution in [0.2, 0.25) is 0 Å². The molecule has 1 fully saturated rings. The van der Waals surface area contributed by atoms with Gasteiger partial charge >= 0.3 is 0 Å². The first-order chi connectivity index (χ1) is 6.49. The number of rotatable bonds is 2. The van der Waals surface area contributed by atoms with Crippen LogP contribution in [0.5, 0.6) is 0 Å². The summed E-state index contributed by atoms with van der Waals surface area (Å²) in [7, 11) is 0. The molecule has 0 radical (unpaired) electrons. The first kappa shape index (κ1) is 11.4. The van der Waals surface area contributed by atoms with E-state index in [1.165, 1.54) is 6.92 Å². The lowest BCUT2D eigenvalue weighted by Crippen LogP contribution is -2.45. The number of hydrogen-bond donors (Lipinski definition) is 5. The second kappa shape index (κ2) is 4.22. The lowest BCUT2D eigenvalue weighted by Gasteiger charge is -2.21. The summed E-state index contributed by atoms with van der Waals surface area (Å²) in [5.41, 5.74) is 0. The molecule has 6 nitrogen and oxygen atoms in total. The van der Waals surface area contributed by atoms with Crippen molar-refractivity contribution in [2.75, 3.05) is 6.61 Å². The normalized spacial score (nSPS) is 42.5. The molecule has 1 aliphatic carbocycles. The van der Waals surface area contributed by atoms with Crippen LogP contribution in [0.25, 0.3) is 0 Å². The molecular weight excluding hydrogens is 190 g/mol. The largest absolute Gasteiger partial charge is 0.396 e. The summed E-state index contributed by atoms with van der Waals surface area (Å²) < 4.78 is 0. The quantitative estimate of drug-likeness (QED) is 0.334. The summed E-state index contributed by atoms with van der Waals surface area (Å²) in [5.74, 6) is -1.11. The Kier molecular flexibility index (Phi) is 3.43. The predicted molar refractivity (Wildman–Crippen MR) is 46.2 cm³/mol. The smallest absolute Gasteiger partial charge is 0.217 e. The van der Waals surface area contributed by atoms with Crippen molar-refractivity contribution in [3.8, 4) is 0 Å². The van der Waals surface area contributed by atoms with Gasteiger partial charge in [-0.05, 0) is 0 Å². The third-order valence-corrected chi connectivity index (χ3v) is 2.55. The highest BCUT2D eigenvalue weighted by Gasteiger charge is 2.48. The second-order valence-corrected chi connectivity index (χ2v) is 3.54. The van der Waals surface area contributed by atoms with Gasteiger partial charge in [-0.25, -0.2) is 0 Å². The van der Waals surface area contributed by atoms with E-state index in [1.54, 1.807) is 0 Å². The fourth-order valence-electron chi connectivity index (χ4n) is 1.78. The van der Waals surface area contributed by atoms with Crippen LogP contribution in [0, 0.1) is 5.92 Å². The molecule has 0 bridgehead atoms. The minimum Gasteiger partial charge on any atom is -0.396 e. The fraction of sp³-hybridized carbons (Fsp3) is 0.875. The molecule has 1 aliphatic rings. The summed E-state index contributed by atoms with van der Waals surface area (Å²) in [6.07, 6.45) is -3.79. The molecule has 1 amide bonds. The molecule has 0 unspecified atom stereocenters. The van der Waals surface area contributed by atoms with Gasteiger partial charge in [0.2, 0.25) is 5.91 Å². The van der Waals surface area contributed by atoms with Crippen LogP contribution in [0.15, 0.2) is 0 Å². The van der Waals surface area contributed by atoms with Gasteiger partial charge in [-0.3, -0.25) is 4.79 Å². The van der Waals surface area contributed by atoms with Crippen LogP contribution in [0.1, 0.15) is 6.92 Å². The Balaban J connectivity index is 2.75. The molecule has 0 aromatic rings. The van der Waals surface area contributed by atoms with E-state index >= 15 is 0 Å². The van der Waals surface area contributed by atoms with E-state index in [0.717, 1.165) is 0 Å². The van der Waals surface area contributed by atoms with Crippen molar-refractivity contribution in [2.24, 2.45) is 5.92 Å².